The van der Waals surface area contributed by atoms with Crippen LogP contribution in [-0.4, -0.2) is 30.9 Å². The summed E-state index contributed by atoms with van der Waals surface area (Å²) in [6, 6.07) is 12.4. The summed E-state index contributed by atoms with van der Waals surface area (Å²) in [5.41, 5.74) is 1.54. The van der Waals surface area contributed by atoms with Gasteiger partial charge < -0.3 is 15.5 Å². The molecule has 0 unspecified atom stereocenters. The standard InChI is InChI=1S/C17H18FN3O2/c1-21(2)16(22)13-9-7-12(8-10-13)11-19-17(23)20-15-6-4-3-5-14(15)18/h3-10H,11H2,1-2H3,(H2,19,20,23). The second-order valence-electron chi connectivity index (χ2n) is 5.18. The Kier molecular flexibility index (Phi) is 5.30. The maximum absolute atomic E-state index is 13.4. The Morgan fingerprint density at radius 3 is 2.30 bits per heavy atom. The second kappa shape index (κ2) is 7.40. The van der Waals surface area contributed by atoms with Crippen LogP contribution in [0.25, 0.3) is 0 Å². The molecule has 0 bridgehead atoms. The van der Waals surface area contributed by atoms with Crippen molar-refractivity contribution in [1.29, 1.82) is 0 Å². The second-order valence-corrected chi connectivity index (χ2v) is 5.18. The maximum atomic E-state index is 13.4. The summed E-state index contributed by atoms with van der Waals surface area (Å²) < 4.78 is 13.4. The molecule has 0 aliphatic carbocycles. The van der Waals surface area contributed by atoms with Crippen molar-refractivity contribution >= 4 is 17.6 Å². The van der Waals surface area contributed by atoms with Crippen molar-refractivity contribution < 1.29 is 14.0 Å². The molecule has 0 saturated carbocycles. The lowest BCUT2D eigenvalue weighted by molar-refractivity contribution is 0.0827. The van der Waals surface area contributed by atoms with Crippen LogP contribution in [0.15, 0.2) is 48.5 Å². The normalized spacial score (nSPS) is 10.0. The lowest BCUT2D eigenvalue weighted by Crippen LogP contribution is -2.28. The van der Waals surface area contributed by atoms with Gasteiger partial charge in [-0.25, -0.2) is 9.18 Å². The summed E-state index contributed by atoms with van der Waals surface area (Å²) in [6.45, 7) is 0.275. The summed E-state index contributed by atoms with van der Waals surface area (Å²) in [7, 11) is 3.37. The van der Waals surface area contributed by atoms with Crippen molar-refractivity contribution in [2.24, 2.45) is 0 Å². The van der Waals surface area contributed by atoms with Crippen molar-refractivity contribution in [3.05, 3.63) is 65.5 Å². The van der Waals surface area contributed by atoms with Gasteiger partial charge in [0.05, 0.1) is 5.69 Å². The molecule has 5 nitrogen and oxygen atoms in total. The first-order valence-corrected chi connectivity index (χ1v) is 7.07. The molecule has 2 aromatic rings. The number of urea groups is 1. The number of hydrogen-bond acceptors (Lipinski definition) is 2. The molecule has 0 atom stereocenters. The van der Waals surface area contributed by atoms with Crippen molar-refractivity contribution in [1.82, 2.24) is 10.2 Å². The van der Waals surface area contributed by atoms with E-state index in [0.29, 0.717) is 5.56 Å². The van der Waals surface area contributed by atoms with E-state index in [9.17, 15) is 14.0 Å². The molecule has 0 spiro atoms. The highest BCUT2D eigenvalue weighted by Gasteiger charge is 2.08. The molecule has 3 amide bonds. The van der Waals surface area contributed by atoms with Crippen LogP contribution >= 0.6 is 0 Å². The summed E-state index contributed by atoms with van der Waals surface area (Å²) in [6.07, 6.45) is 0. The van der Waals surface area contributed by atoms with Crippen LogP contribution in [0.4, 0.5) is 14.9 Å². The molecule has 6 heteroatoms. The largest absolute Gasteiger partial charge is 0.345 e. The molecular formula is C17H18FN3O2. The van der Waals surface area contributed by atoms with E-state index in [1.54, 1.807) is 50.5 Å². The van der Waals surface area contributed by atoms with Crippen LogP contribution < -0.4 is 10.6 Å². The number of carbonyl (C=O) groups is 2. The number of halogens is 1. The number of hydrogen-bond donors (Lipinski definition) is 2. The topological polar surface area (TPSA) is 61.4 Å². The quantitative estimate of drug-likeness (QED) is 0.911. The van der Waals surface area contributed by atoms with Gasteiger partial charge in [0.2, 0.25) is 0 Å². The van der Waals surface area contributed by atoms with Crippen LogP contribution in [0, 0.1) is 5.82 Å². The molecule has 0 fully saturated rings. The number of para-hydroxylation sites is 1. The average molecular weight is 315 g/mol. The Hall–Kier alpha value is -2.89. The third-order valence-corrected chi connectivity index (χ3v) is 3.18. The lowest BCUT2D eigenvalue weighted by atomic mass is 10.1. The molecule has 23 heavy (non-hydrogen) atoms. The van der Waals surface area contributed by atoms with Gasteiger partial charge in [-0.15, -0.1) is 0 Å². The van der Waals surface area contributed by atoms with Crippen molar-refractivity contribution in [3.63, 3.8) is 0 Å². The fraction of sp³-hybridized carbons (Fsp3) is 0.176. The Morgan fingerprint density at radius 2 is 1.70 bits per heavy atom. The molecule has 0 aliphatic rings. The summed E-state index contributed by atoms with van der Waals surface area (Å²) in [5.74, 6) is -0.573. The van der Waals surface area contributed by atoms with E-state index in [0.717, 1.165) is 5.56 Å². The van der Waals surface area contributed by atoms with E-state index in [-0.39, 0.29) is 18.1 Å². The first kappa shape index (κ1) is 16.5. The summed E-state index contributed by atoms with van der Waals surface area (Å²) in [5, 5.41) is 5.07. The number of rotatable bonds is 4. The Labute approximate surface area is 134 Å². The molecule has 2 N–H and O–H groups in total. The molecule has 2 rings (SSSR count). The third-order valence-electron chi connectivity index (χ3n) is 3.18. The van der Waals surface area contributed by atoms with Gasteiger partial charge in [0.1, 0.15) is 5.82 Å². The van der Waals surface area contributed by atoms with E-state index in [4.69, 9.17) is 0 Å². The van der Waals surface area contributed by atoms with Gasteiger partial charge >= 0.3 is 6.03 Å². The fourth-order valence-electron chi connectivity index (χ4n) is 1.93. The first-order valence-electron chi connectivity index (χ1n) is 7.07. The lowest BCUT2D eigenvalue weighted by Gasteiger charge is -2.11. The van der Waals surface area contributed by atoms with Gasteiger partial charge in [-0.3, -0.25) is 4.79 Å². The van der Waals surface area contributed by atoms with E-state index < -0.39 is 11.8 Å². The van der Waals surface area contributed by atoms with Crippen molar-refractivity contribution in [3.8, 4) is 0 Å². The third kappa shape index (κ3) is 4.54. The highest BCUT2D eigenvalue weighted by atomic mass is 19.1. The Bertz CT molecular complexity index is 699. The highest BCUT2D eigenvalue weighted by Crippen LogP contribution is 2.12. The van der Waals surface area contributed by atoms with Crippen LogP contribution in [0.5, 0.6) is 0 Å². The minimum absolute atomic E-state index is 0.0817. The smallest absolute Gasteiger partial charge is 0.319 e. The number of amides is 3. The van der Waals surface area contributed by atoms with Crippen LogP contribution in [0.2, 0.25) is 0 Å². The van der Waals surface area contributed by atoms with Gasteiger partial charge in [-0.05, 0) is 29.8 Å². The predicted molar refractivity (Wildman–Crippen MR) is 86.7 cm³/mol. The number of nitrogens with zero attached hydrogens (tertiary/aromatic N) is 1. The zero-order valence-electron chi connectivity index (χ0n) is 13.0. The average Bonchev–Trinajstić information content (AvgIpc) is 2.55. The van der Waals surface area contributed by atoms with Crippen LogP contribution in [0.1, 0.15) is 15.9 Å². The van der Waals surface area contributed by atoms with E-state index in [1.807, 2.05) is 0 Å². The SMILES string of the molecule is CN(C)C(=O)c1ccc(CNC(=O)Nc2ccccc2F)cc1. The Morgan fingerprint density at radius 1 is 1.04 bits per heavy atom. The molecule has 120 valence electrons. The van der Waals surface area contributed by atoms with Crippen LogP contribution in [-0.2, 0) is 6.54 Å². The van der Waals surface area contributed by atoms with E-state index >= 15 is 0 Å². The zero-order valence-corrected chi connectivity index (χ0v) is 13.0. The summed E-state index contributed by atoms with van der Waals surface area (Å²) >= 11 is 0. The minimum Gasteiger partial charge on any atom is -0.345 e. The van der Waals surface area contributed by atoms with Gasteiger partial charge in [0.15, 0.2) is 0 Å². The van der Waals surface area contributed by atoms with Gasteiger partial charge in [0.25, 0.3) is 5.91 Å². The van der Waals surface area contributed by atoms with Gasteiger partial charge in [0, 0.05) is 26.2 Å². The fourth-order valence-corrected chi connectivity index (χ4v) is 1.93. The molecule has 2 aromatic carbocycles. The first-order chi connectivity index (χ1) is 11.0. The molecule has 0 aromatic heterocycles. The number of benzene rings is 2. The maximum Gasteiger partial charge on any atom is 0.319 e. The molecule has 0 aliphatic heterocycles. The van der Waals surface area contributed by atoms with Crippen LogP contribution in [0.3, 0.4) is 0 Å². The van der Waals surface area contributed by atoms with Crippen molar-refractivity contribution in [2.75, 3.05) is 19.4 Å². The molecule has 0 heterocycles. The molecule has 0 radical (unpaired) electrons. The number of nitrogens with one attached hydrogen (secondary N) is 2. The molecular weight excluding hydrogens is 297 g/mol. The summed E-state index contributed by atoms with van der Waals surface area (Å²) in [4.78, 5) is 25.0. The highest BCUT2D eigenvalue weighted by molar-refractivity contribution is 5.94. The minimum atomic E-state index is -0.497. The number of anilines is 1. The van der Waals surface area contributed by atoms with Gasteiger partial charge in [-0.2, -0.15) is 0 Å². The van der Waals surface area contributed by atoms with E-state index in [1.165, 1.54) is 17.0 Å². The predicted octanol–water partition coefficient (Wildman–Crippen LogP) is 2.85. The van der Waals surface area contributed by atoms with Crippen molar-refractivity contribution in [2.45, 2.75) is 6.54 Å². The monoisotopic (exact) mass is 315 g/mol. The van der Waals surface area contributed by atoms with Gasteiger partial charge in [-0.1, -0.05) is 24.3 Å². The zero-order chi connectivity index (χ0) is 16.8. The number of carbonyl (C=O) groups excluding carboxylic acids is 2. The molecule has 0 saturated heterocycles. The Balaban J connectivity index is 1.89. The van der Waals surface area contributed by atoms with E-state index in [2.05, 4.69) is 10.6 Å².